The SMILES string of the molecule is C[SiH](C)[Zr]([Cl])([Cl])([CH]1C=C(Br)c2ccccc21)[CH]1C=C(Br)c2ccccc21. The van der Waals surface area contributed by atoms with E-state index < -0.39 is 21.5 Å². The Bertz CT molecular complexity index is 896. The van der Waals surface area contributed by atoms with Gasteiger partial charge in [-0.1, -0.05) is 0 Å². The summed E-state index contributed by atoms with van der Waals surface area (Å²) in [5.41, 5.74) is 5.07. The van der Waals surface area contributed by atoms with E-state index in [9.17, 15) is 0 Å². The van der Waals surface area contributed by atoms with Crippen LogP contribution in [0.3, 0.4) is 0 Å². The molecule has 0 bridgehead atoms. The fraction of sp³-hybridized carbons (Fsp3) is 0.200. The van der Waals surface area contributed by atoms with Gasteiger partial charge in [0.15, 0.2) is 0 Å². The molecule has 0 amide bonds. The number of benzene rings is 2. The van der Waals surface area contributed by atoms with Crippen LogP contribution in [0.2, 0.25) is 13.1 Å². The maximum absolute atomic E-state index is 7.83. The van der Waals surface area contributed by atoms with Gasteiger partial charge in [-0.05, 0) is 0 Å². The molecule has 0 nitrogen and oxygen atoms in total. The predicted octanol–water partition coefficient (Wildman–Crippen LogP) is 7.95. The van der Waals surface area contributed by atoms with Crippen LogP contribution < -0.4 is 0 Å². The van der Waals surface area contributed by atoms with Crippen LogP contribution in [0.4, 0.5) is 0 Å². The summed E-state index contributed by atoms with van der Waals surface area (Å²) in [7, 11) is 15.7. The number of allylic oxidation sites excluding steroid dienone is 2. The van der Waals surface area contributed by atoms with Gasteiger partial charge in [-0.2, -0.15) is 0 Å². The first kappa shape index (κ1) is 19.9. The first-order chi connectivity index (χ1) is 12.2. The van der Waals surface area contributed by atoms with Crippen molar-refractivity contribution in [1.82, 2.24) is 0 Å². The van der Waals surface area contributed by atoms with E-state index in [0.29, 0.717) is 0 Å². The van der Waals surface area contributed by atoms with E-state index in [1.165, 1.54) is 22.3 Å². The molecule has 0 aromatic heterocycles. The molecule has 26 heavy (non-hydrogen) atoms. The Balaban J connectivity index is 1.97. The molecule has 0 aliphatic heterocycles. The molecule has 0 heterocycles. The van der Waals surface area contributed by atoms with E-state index in [2.05, 4.69) is 106 Å². The van der Waals surface area contributed by atoms with Crippen molar-refractivity contribution in [3.05, 3.63) is 82.9 Å². The van der Waals surface area contributed by atoms with Crippen molar-refractivity contribution in [1.29, 1.82) is 0 Å². The topological polar surface area (TPSA) is 0 Å². The second-order valence-corrected chi connectivity index (χ2v) is 52.0. The van der Waals surface area contributed by atoms with Gasteiger partial charge in [-0.3, -0.25) is 0 Å². The minimum atomic E-state index is -4.32. The van der Waals surface area contributed by atoms with Gasteiger partial charge >= 0.3 is 183 Å². The van der Waals surface area contributed by atoms with Crippen LogP contribution in [0.15, 0.2) is 60.7 Å². The van der Waals surface area contributed by atoms with Crippen LogP contribution in [0, 0.1) is 0 Å². The van der Waals surface area contributed by atoms with Crippen LogP contribution in [-0.4, -0.2) is 5.92 Å². The van der Waals surface area contributed by atoms with E-state index >= 15 is 0 Å². The van der Waals surface area contributed by atoms with E-state index in [1.54, 1.807) is 0 Å². The fourth-order valence-electron chi connectivity index (χ4n) is 4.45. The van der Waals surface area contributed by atoms with Crippen molar-refractivity contribution >= 4 is 63.8 Å². The molecule has 0 spiro atoms. The Morgan fingerprint density at radius 2 is 1.15 bits per heavy atom. The summed E-state index contributed by atoms with van der Waals surface area (Å²) in [6, 6.07) is 17.1. The molecule has 0 saturated heterocycles. The normalized spacial score (nSPS) is 23.1. The summed E-state index contributed by atoms with van der Waals surface area (Å²) in [6.45, 7) is 4.69. The third kappa shape index (κ3) is 2.74. The van der Waals surface area contributed by atoms with Gasteiger partial charge < -0.3 is 0 Å². The van der Waals surface area contributed by atoms with Crippen LogP contribution in [0.25, 0.3) is 8.96 Å². The second kappa shape index (κ2) is 6.82. The Morgan fingerprint density at radius 1 is 0.769 bits per heavy atom. The summed E-state index contributed by atoms with van der Waals surface area (Å²) in [5.74, 6) is -1.38. The van der Waals surface area contributed by atoms with Crippen molar-refractivity contribution in [2.45, 2.75) is 20.3 Å². The van der Waals surface area contributed by atoms with Crippen molar-refractivity contribution in [3.63, 3.8) is 0 Å². The van der Waals surface area contributed by atoms with Gasteiger partial charge in [0, 0.05) is 0 Å². The summed E-state index contributed by atoms with van der Waals surface area (Å²) < 4.78 is 2.54. The molecular weight excluding hydrogens is 590 g/mol. The zero-order chi connectivity index (χ0) is 18.7. The molecule has 4 rings (SSSR count). The zero-order valence-electron chi connectivity index (χ0n) is 14.5. The van der Waals surface area contributed by atoms with Gasteiger partial charge in [0.05, 0.1) is 0 Å². The Kier molecular flexibility index (Phi) is 5.21. The Hall–Kier alpha value is 0.560. The number of hydrogen-bond acceptors (Lipinski definition) is 0. The summed E-state index contributed by atoms with van der Waals surface area (Å²) in [6.07, 6.45) is 4.59. The molecule has 2 aromatic rings. The first-order valence-corrected chi connectivity index (χ1v) is 26.7. The van der Waals surface area contributed by atoms with Crippen molar-refractivity contribution in [2.24, 2.45) is 0 Å². The van der Waals surface area contributed by atoms with Gasteiger partial charge in [0.1, 0.15) is 0 Å². The van der Waals surface area contributed by atoms with Crippen LogP contribution in [-0.2, 0) is 15.6 Å². The predicted molar refractivity (Wildman–Crippen MR) is 123 cm³/mol. The number of hydrogen-bond donors (Lipinski definition) is 0. The van der Waals surface area contributed by atoms with Crippen LogP contribution in [0.1, 0.15) is 29.5 Å². The standard InChI is InChI=1S/2C9H6Br.C2H7Si.2ClH.Zr/c2*10-9-6-5-7-3-1-2-4-8(7)9;1-3-2;;;/h2*1-6H;3H,1-2H3;2*1H;/q;;;;;+2/p-2. The molecule has 2 aliphatic carbocycles. The molecule has 0 fully saturated rings. The van der Waals surface area contributed by atoms with E-state index in [4.69, 9.17) is 17.0 Å². The second-order valence-electron chi connectivity index (χ2n) is 7.54. The average molecular weight is 609 g/mol. The van der Waals surface area contributed by atoms with Crippen LogP contribution in [0.5, 0.6) is 0 Å². The third-order valence-corrected chi connectivity index (χ3v) is 59.4. The quantitative estimate of drug-likeness (QED) is 0.310. The van der Waals surface area contributed by atoms with Gasteiger partial charge in [-0.25, -0.2) is 0 Å². The molecule has 0 N–H and O–H groups in total. The Morgan fingerprint density at radius 3 is 1.54 bits per heavy atom. The van der Waals surface area contributed by atoms with Crippen molar-refractivity contribution in [2.75, 3.05) is 0 Å². The number of rotatable bonds is 3. The molecular formula is C20H19Br2Cl2SiZr. The van der Waals surface area contributed by atoms with E-state index in [0.717, 1.165) is 8.96 Å². The summed E-state index contributed by atoms with van der Waals surface area (Å²) >= 11 is 3.21. The number of fused-ring (bicyclic) bond motifs is 2. The zero-order valence-corrected chi connectivity index (χ0v) is 22.8. The molecule has 2 unspecified atom stereocenters. The van der Waals surface area contributed by atoms with Crippen molar-refractivity contribution < 1.29 is 15.6 Å². The van der Waals surface area contributed by atoms with Gasteiger partial charge in [0.25, 0.3) is 0 Å². The first-order valence-electron chi connectivity index (χ1n) is 8.75. The molecule has 2 aliphatic rings. The molecule has 2 atom stereocenters. The molecule has 0 saturated carbocycles. The van der Waals surface area contributed by atoms with E-state index in [1.807, 2.05) is 0 Å². The van der Waals surface area contributed by atoms with Gasteiger partial charge in [-0.15, -0.1) is 0 Å². The summed E-state index contributed by atoms with van der Waals surface area (Å²) in [5, 5.41) is 0. The molecule has 6 heteroatoms. The summed E-state index contributed by atoms with van der Waals surface area (Å²) in [4.78, 5) is 0. The molecule has 135 valence electrons. The van der Waals surface area contributed by atoms with Crippen LogP contribution >= 0.6 is 48.9 Å². The van der Waals surface area contributed by atoms with Gasteiger partial charge in [0.2, 0.25) is 0 Å². The van der Waals surface area contributed by atoms with E-state index in [-0.39, 0.29) is 7.25 Å². The maximum atomic E-state index is 7.83. The Labute approximate surface area is 180 Å². The average Bonchev–Trinajstić information content (AvgIpc) is 3.15. The monoisotopic (exact) mass is 605 g/mol. The molecule has 2 aromatic carbocycles. The number of halogens is 4. The third-order valence-electron chi connectivity index (χ3n) is 6.02. The fourth-order valence-corrected chi connectivity index (χ4v) is 34.0. The minimum absolute atomic E-state index is 0.143. The van der Waals surface area contributed by atoms with Crippen molar-refractivity contribution in [3.8, 4) is 0 Å². The molecule has 0 radical (unpaired) electrons.